The highest BCUT2D eigenvalue weighted by Gasteiger charge is 2.34. The van der Waals surface area contributed by atoms with Crippen LogP contribution in [0, 0.1) is 0 Å². The summed E-state index contributed by atoms with van der Waals surface area (Å²) in [5.74, 6) is -0.679. The summed E-state index contributed by atoms with van der Waals surface area (Å²) in [6, 6.07) is 5.02. The third-order valence-corrected chi connectivity index (χ3v) is 3.49. The van der Waals surface area contributed by atoms with Gasteiger partial charge in [-0.25, -0.2) is 0 Å². The Kier molecular flexibility index (Phi) is 3.99. The molecule has 1 N–H and O–H groups in total. The quantitative estimate of drug-likeness (QED) is 0.855. The molecule has 0 saturated heterocycles. The number of carbonyl (C=O) groups is 3. The van der Waals surface area contributed by atoms with Gasteiger partial charge in [0.1, 0.15) is 0 Å². The maximum absolute atomic E-state index is 12.1. The molecule has 0 saturated carbocycles. The number of hydrogen-bond donors (Lipinski definition) is 1. The first-order valence-electron chi connectivity index (χ1n) is 5.91. The Balaban J connectivity index is 2.08. The Hall–Kier alpha value is -1.69. The molecule has 1 aliphatic rings. The Labute approximate surface area is 119 Å². The van der Waals surface area contributed by atoms with Gasteiger partial charge in [-0.05, 0) is 24.6 Å². The van der Waals surface area contributed by atoms with E-state index >= 15 is 0 Å². The maximum Gasteiger partial charge on any atom is 0.261 e. The number of rotatable bonds is 4. The molecule has 3 amide bonds. The monoisotopic (exact) mass is 324 g/mol. The lowest BCUT2D eigenvalue weighted by Gasteiger charge is -2.12. The van der Waals surface area contributed by atoms with E-state index in [0.717, 1.165) is 4.47 Å². The predicted octanol–water partition coefficient (Wildman–Crippen LogP) is 1.57. The zero-order valence-electron chi connectivity index (χ0n) is 10.4. The van der Waals surface area contributed by atoms with E-state index in [2.05, 4.69) is 21.2 Å². The van der Waals surface area contributed by atoms with Crippen molar-refractivity contribution in [3.05, 3.63) is 33.8 Å². The van der Waals surface area contributed by atoms with Gasteiger partial charge in [-0.1, -0.05) is 15.9 Å². The van der Waals surface area contributed by atoms with Crippen LogP contribution in [0.15, 0.2) is 22.7 Å². The molecular formula is C13H13BrN2O3. The van der Waals surface area contributed by atoms with E-state index in [4.69, 9.17) is 0 Å². The van der Waals surface area contributed by atoms with E-state index in [-0.39, 0.29) is 24.3 Å². The molecule has 0 spiro atoms. The molecule has 1 aromatic rings. The lowest BCUT2D eigenvalue weighted by atomic mass is 10.1. The van der Waals surface area contributed by atoms with Crippen LogP contribution in [0.1, 0.15) is 33.6 Å². The molecule has 0 unspecified atom stereocenters. The van der Waals surface area contributed by atoms with E-state index in [1.807, 2.05) is 0 Å². The number of nitrogens with zero attached hydrogens (tertiary/aromatic N) is 1. The molecular weight excluding hydrogens is 312 g/mol. The third kappa shape index (κ3) is 2.68. The van der Waals surface area contributed by atoms with Crippen LogP contribution in [0.25, 0.3) is 0 Å². The molecule has 6 heteroatoms. The van der Waals surface area contributed by atoms with Crippen molar-refractivity contribution in [3.63, 3.8) is 0 Å². The number of hydrogen-bond acceptors (Lipinski definition) is 3. The van der Waals surface area contributed by atoms with Crippen molar-refractivity contribution in [2.45, 2.75) is 12.8 Å². The van der Waals surface area contributed by atoms with E-state index in [0.29, 0.717) is 24.0 Å². The van der Waals surface area contributed by atoms with E-state index in [9.17, 15) is 14.4 Å². The average molecular weight is 325 g/mol. The number of imide groups is 1. The number of carbonyl (C=O) groups excluding carboxylic acids is 3. The first-order chi connectivity index (χ1) is 9.04. The highest BCUT2D eigenvalue weighted by atomic mass is 79.9. The van der Waals surface area contributed by atoms with Gasteiger partial charge in [0.25, 0.3) is 11.8 Å². The number of benzene rings is 1. The van der Waals surface area contributed by atoms with Crippen molar-refractivity contribution in [3.8, 4) is 0 Å². The Bertz CT molecular complexity index is 557. The summed E-state index contributed by atoms with van der Waals surface area (Å²) in [4.78, 5) is 36.4. The molecule has 1 aliphatic heterocycles. The topological polar surface area (TPSA) is 66.5 Å². The van der Waals surface area contributed by atoms with Crippen LogP contribution in [0.5, 0.6) is 0 Å². The van der Waals surface area contributed by atoms with Gasteiger partial charge in [-0.2, -0.15) is 0 Å². The molecule has 1 aromatic carbocycles. The van der Waals surface area contributed by atoms with Crippen LogP contribution < -0.4 is 5.32 Å². The summed E-state index contributed by atoms with van der Waals surface area (Å²) in [5.41, 5.74) is 0.840. The summed E-state index contributed by atoms with van der Waals surface area (Å²) in [6.45, 7) is 0.261. The molecule has 0 atom stereocenters. The fraction of sp³-hybridized carbons (Fsp3) is 0.308. The van der Waals surface area contributed by atoms with E-state index in [1.165, 1.54) is 4.90 Å². The fourth-order valence-electron chi connectivity index (χ4n) is 1.99. The van der Waals surface area contributed by atoms with Crippen molar-refractivity contribution in [2.75, 3.05) is 13.6 Å². The van der Waals surface area contributed by atoms with E-state index < -0.39 is 0 Å². The van der Waals surface area contributed by atoms with Gasteiger partial charge < -0.3 is 5.32 Å². The summed E-state index contributed by atoms with van der Waals surface area (Å²) >= 11 is 3.28. The Morgan fingerprint density at radius 3 is 2.63 bits per heavy atom. The van der Waals surface area contributed by atoms with Crippen molar-refractivity contribution in [2.24, 2.45) is 0 Å². The van der Waals surface area contributed by atoms with Crippen LogP contribution in [-0.2, 0) is 4.79 Å². The van der Waals surface area contributed by atoms with Gasteiger partial charge in [0, 0.05) is 24.5 Å². The van der Waals surface area contributed by atoms with Crippen LogP contribution in [-0.4, -0.2) is 36.2 Å². The Morgan fingerprint density at radius 2 is 1.95 bits per heavy atom. The zero-order valence-corrected chi connectivity index (χ0v) is 12.0. The Morgan fingerprint density at radius 1 is 1.26 bits per heavy atom. The minimum atomic E-state index is -0.293. The lowest BCUT2D eigenvalue weighted by Crippen LogP contribution is -2.31. The molecule has 0 aromatic heterocycles. The minimum Gasteiger partial charge on any atom is -0.359 e. The van der Waals surface area contributed by atoms with Gasteiger partial charge in [0.15, 0.2) is 0 Å². The second kappa shape index (κ2) is 5.52. The van der Waals surface area contributed by atoms with Crippen molar-refractivity contribution < 1.29 is 14.4 Å². The van der Waals surface area contributed by atoms with Crippen molar-refractivity contribution >= 4 is 33.7 Å². The fourth-order valence-corrected chi connectivity index (χ4v) is 2.35. The normalized spacial score (nSPS) is 13.7. The first kappa shape index (κ1) is 13.7. The SMILES string of the molecule is CNC(=O)CCCN1C(=O)c2ccc(Br)cc2C1=O. The third-order valence-electron chi connectivity index (χ3n) is 3.00. The standard InChI is InChI=1S/C13H13BrN2O3/c1-15-11(17)3-2-6-16-12(18)9-5-4-8(14)7-10(9)13(16)19/h4-5,7H,2-3,6H2,1H3,(H,15,17). The van der Waals surface area contributed by atoms with Gasteiger partial charge >= 0.3 is 0 Å². The number of fused-ring (bicyclic) bond motifs is 1. The summed E-state index contributed by atoms with van der Waals surface area (Å²) < 4.78 is 0.764. The lowest BCUT2D eigenvalue weighted by molar-refractivity contribution is -0.120. The highest BCUT2D eigenvalue weighted by Crippen LogP contribution is 2.26. The number of nitrogens with one attached hydrogen (secondary N) is 1. The smallest absolute Gasteiger partial charge is 0.261 e. The molecule has 0 bridgehead atoms. The van der Waals surface area contributed by atoms with Crippen LogP contribution in [0.4, 0.5) is 0 Å². The molecule has 0 fully saturated rings. The molecule has 1 heterocycles. The van der Waals surface area contributed by atoms with E-state index in [1.54, 1.807) is 25.2 Å². The summed E-state index contributed by atoms with van der Waals surface area (Å²) in [6.07, 6.45) is 0.764. The molecule has 0 aliphatic carbocycles. The number of amides is 3. The van der Waals surface area contributed by atoms with Crippen LogP contribution >= 0.6 is 15.9 Å². The number of halogens is 1. The largest absolute Gasteiger partial charge is 0.359 e. The van der Waals surface area contributed by atoms with Gasteiger partial charge in [-0.3, -0.25) is 19.3 Å². The molecule has 5 nitrogen and oxygen atoms in total. The van der Waals surface area contributed by atoms with Crippen molar-refractivity contribution in [1.29, 1.82) is 0 Å². The molecule has 19 heavy (non-hydrogen) atoms. The van der Waals surface area contributed by atoms with Crippen LogP contribution in [0.3, 0.4) is 0 Å². The summed E-state index contributed by atoms with van der Waals surface area (Å²) in [5, 5.41) is 2.50. The first-order valence-corrected chi connectivity index (χ1v) is 6.70. The maximum atomic E-state index is 12.1. The highest BCUT2D eigenvalue weighted by molar-refractivity contribution is 9.10. The van der Waals surface area contributed by atoms with Gasteiger partial charge in [-0.15, -0.1) is 0 Å². The van der Waals surface area contributed by atoms with Gasteiger partial charge in [0.05, 0.1) is 11.1 Å². The van der Waals surface area contributed by atoms with Crippen molar-refractivity contribution in [1.82, 2.24) is 10.2 Å². The molecule has 2 rings (SSSR count). The second-order valence-corrected chi connectivity index (χ2v) is 5.14. The second-order valence-electron chi connectivity index (χ2n) is 4.23. The average Bonchev–Trinajstić information content (AvgIpc) is 2.63. The zero-order chi connectivity index (χ0) is 14.0. The van der Waals surface area contributed by atoms with Crippen LogP contribution in [0.2, 0.25) is 0 Å². The molecule has 0 radical (unpaired) electrons. The molecule has 100 valence electrons. The van der Waals surface area contributed by atoms with Gasteiger partial charge in [0.2, 0.25) is 5.91 Å². The minimum absolute atomic E-state index is 0.0978. The predicted molar refractivity (Wildman–Crippen MR) is 72.8 cm³/mol. The summed E-state index contributed by atoms with van der Waals surface area (Å²) in [7, 11) is 1.56.